The molecule has 1 saturated carbocycles. The molecule has 2 aliphatic heterocycles. The third-order valence-electron chi connectivity index (χ3n) is 5.48. The van der Waals surface area contributed by atoms with E-state index < -0.39 is 0 Å². The lowest BCUT2D eigenvalue weighted by molar-refractivity contribution is 0.200. The summed E-state index contributed by atoms with van der Waals surface area (Å²) < 4.78 is 11.7. The summed E-state index contributed by atoms with van der Waals surface area (Å²) in [5.41, 5.74) is 1.25. The third kappa shape index (κ3) is 2.62. The normalized spacial score (nSPS) is 27.2. The first-order chi connectivity index (χ1) is 11.3. The summed E-state index contributed by atoms with van der Waals surface area (Å²) in [6, 6.07) is 6.61. The Morgan fingerprint density at radius 1 is 1.17 bits per heavy atom. The average molecular weight is 316 g/mol. The lowest BCUT2D eigenvalue weighted by Gasteiger charge is -2.21. The lowest BCUT2D eigenvalue weighted by Crippen LogP contribution is -2.30. The van der Waals surface area contributed by atoms with Crippen LogP contribution in [-0.4, -0.2) is 43.3 Å². The van der Waals surface area contributed by atoms with Gasteiger partial charge in [-0.05, 0) is 49.8 Å². The molecule has 0 bridgehead atoms. The minimum Gasteiger partial charge on any atom is -0.493 e. The summed E-state index contributed by atoms with van der Waals surface area (Å²) in [6.45, 7) is 1.58. The molecule has 1 N–H and O–H groups in total. The molecule has 2 saturated heterocycles. The van der Waals surface area contributed by atoms with Crippen molar-refractivity contribution in [2.75, 3.05) is 20.2 Å². The SMILES string of the molecule is COc1ccc([C@H]2CCN3C(=O)NC[C@@H]23)cc1OC1CCCC1. The summed E-state index contributed by atoms with van der Waals surface area (Å²) in [5.74, 6) is 2.04. The van der Waals surface area contributed by atoms with Gasteiger partial charge < -0.3 is 19.7 Å². The van der Waals surface area contributed by atoms with E-state index in [1.807, 2.05) is 11.0 Å². The van der Waals surface area contributed by atoms with Crippen LogP contribution < -0.4 is 14.8 Å². The number of urea groups is 1. The molecule has 23 heavy (non-hydrogen) atoms. The number of hydrogen-bond donors (Lipinski definition) is 1. The number of nitrogens with one attached hydrogen (secondary N) is 1. The maximum absolute atomic E-state index is 11.8. The number of amides is 2. The Morgan fingerprint density at radius 2 is 2.00 bits per heavy atom. The van der Waals surface area contributed by atoms with Gasteiger partial charge in [-0.3, -0.25) is 0 Å². The van der Waals surface area contributed by atoms with Crippen molar-refractivity contribution in [1.29, 1.82) is 0 Å². The van der Waals surface area contributed by atoms with E-state index in [1.165, 1.54) is 18.4 Å². The number of hydrogen-bond acceptors (Lipinski definition) is 3. The molecule has 1 aliphatic carbocycles. The fraction of sp³-hybridized carbons (Fsp3) is 0.611. The van der Waals surface area contributed by atoms with E-state index in [1.54, 1.807) is 7.11 Å². The first kappa shape index (κ1) is 14.7. The van der Waals surface area contributed by atoms with Crippen molar-refractivity contribution in [2.45, 2.75) is 50.2 Å². The standard InChI is InChI=1S/C18H24N2O3/c1-22-16-7-6-12(10-17(16)23-13-4-2-3-5-13)14-8-9-20-15(14)11-19-18(20)21/h6-7,10,13-15H,2-5,8-9,11H2,1H3,(H,19,21)/t14-,15+/m1/s1. The molecule has 3 fully saturated rings. The van der Waals surface area contributed by atoms with Gasteiger partial charge in [0.25, 0.3) is 0 Å². The molecule has 0 aromatic heterocycles. The van der Waals surface area contributed by atoms with Crippen molar-refractivity contribution < 1.29 is 14.3 Å². The Bertz CT molecular complexity index is 598. The van der Waals surface area contributed by atoms with Crippen molar-refractivity contribution in [1.82, 2.24) is 10.2 Å². The molecule has 0 unspecified atom stereocenters. The largest absolute Gasteiger partial charge is 0.493 e. The number of rotatable bonds is 4. The summed E-state index contributed by atoms with van der Waals surface area (Å²) in [6.07, 6.45) is 6.10. The first-order valence-electron chi connectivity index (χ1n) is 8.65. The molecule has 0 radical (unpaired) electrons. The highest BCUT2D eigenvalue weighted by Crippen LogP contribution is 2.40. The van der Waals surface area contributed by atoms with E-state index in [-0.39, 0.29) is 12.1 Å². The van der Waals surface area contributed by atoms with Gasteiger partial charge in [0.05, 0.1) is 19.3 Å². The van der Waals surface area contributed by atoms with Gasteiger partial charge in [0.15, 0.2) is 11.5 Å². The Morgan fingerprint density at radius 3 is 2.78 bits per heavy atom. The molecule has 5 nitrogen and oxygen atoms in total. The number of benzene rings is 1. The van der Waals surface area contributed by atoms with E-state index in [2.05, 4.69) is 17.4 Å². The minimum atomic E-state index is 0.0773. The van der Waals surface area contributed by atoms with Crippen LogP contribution in [0.5, 0.6) is 11.5 Å². The second-order valence-electron chi connectivity index (χ2n) is 6.78. The Balaban J connectivity index is 1.58. The van der Waals surface area contributed by atoms with Crippen LogP contribution in [-0.2, 0) is 0 Å². The molecule has 4 rings (SSSR count). The molecule has 1 aromatic carbocycles. The van der Waals surface area contributed by atoms with E-state index >= 15 is 0 Å². The highest BCUT2D eigenvalue weighted by molar-refractivity contribution is 5.77. The molecule has 5 heteroatoms. The first-order valence-corrected chi connectivity index (χ1v) is 8.65. The van der Waals surface area contributed by atoms with E-state index in [9.17, 15) is 4.79 Å². The topological polar surface area (TPSA) is 50.8 Å². The third-order valence-corrected chi connectivity index (χ3v) is 5.48. The van der Waals surface area contributed by atoms with Crippen molar-refractivity contribution in [3.8, 4) is 11.5 Å². The zero-order chi connectivity index (χ0) is 15.8. The molecule has 2 amide bonds. The number of carbonyl (C=O) groups is 1. The van der Waals surface area contributed by atoms with Gasteiger partial charge in [0.2, 0.25) is 0 Å². The molecular weight excluding hydrogens is 292 g/mol. The minimum absolute atomic E-state index is 0.0773. The van der Waals surface area contributed by atoms with Gasteiger partial charge in [-0.1, -0.05) is 6.07 Å². The molecule has 2 atom stereocenters. The van der Waals surface area contributed by atoms with Gasteiger partial charge >= 0.3 is 6.03 Å². The number of methoxy groups -OCH3 is 1. The lowest BCUT2D eigenvalue weighted by atomic mass is 9.91. The number of fused-ring (bicyclic) bond motifs is 1. The quantitative estimate of drug-likeness (QED) is 0.929. The van der Waals surface area contributed by atoms with Crippen LogP contribution in [0.4, 0.5) is 4.79 Å². The highest BCUT2D eigenvalue weighted by atomic mass is 16.5. The summed E-state index contributed by atoms with van der Waals surface area (Å²) in [4.78, 5) is 13.8. The summed E-state index contributed by atoms with van der Waals surface area (Å²) in [7, 11) is 1.69. The van der Waals surface area contributed by atoms with Gasteiger partial charge in [0, 0.05) is 19.0 Å². The van der Waals surface area contributed by atoms with Crippen LogP contribution in [0.3, 0.4) is 0 Å². The second-order valence-corrected chi connectivity index (χ2v) is 6.78. The molecule has 2 heterocycles. The van der Waals surface area contributed by atoms with Crippen LogP contribution in [0.2, 0.25) is 0 Å². The van der Waals surface area contributed by atoms with Gasteiger partial charge in [-0.15, -0.1) is 0 Å². The fourth-order valence-electron chi connectivity index (χ4n) is 4.24. The number of nitrogens with zero attached hydrogens (tertiary/aromatic N) is 1. The second kappa shape index (κ2) is 5.95. The predicted octanol–water partition coefficient (Wildman–Crippen LogP) is 2.90. The Labute approximate surface area is 136 Å². The molecule has 124 valence electrons. The maximum atomic E-state index is 11.8. The molecule has 0 spiro atoms. The van der Waals surface area contributed by atoms with Crippen LogP contribution >= 0.6 is 0 Å². The van der Waals surface area contributed by atoms with Gasteiger partial charge in [-0.25, -0.2) is 4.79 Å². The molecular formula is C18H24N2O3. The Kier molecular flexibility index (Phi) is 3.79. The van der Waals surface area contributed by atoms with E-state index in [0.29, 0.717) is 12.0 Å². The summed E-state index contributed by atoms with van der Waals surface area (Å²) in [5, 5.41) is 2.95. The van der Waals surface area contributed by atoms with Crippen LogP contribution in [0.25, 0.3) is 0 Å². The Hall–Kier alpha value is -1.91. The predicted molar refractivity (Wildman–Crippen MR) is 87.1 cm³/mol. The number of ether oxygens (including phenoxy) is 2. The molecule has 3 aliphatic rings. The van der Waals surface area contributed by atoms with Crippen LogP contribution in [0, 0.1) is 0 Å². The van der Waals surface area contributed by atoms with Crippen molar-refractivity contribution in [3.05, 3.63) is 23.8 Å². The smallest absolute Gasteiger partial charge is 0.317 e. The van der Waals surface area contributed by atoms with Gasteiger partial charge in [-0.2, -0.15) is 0 Å². The number of carbonyl (C=O) groups excluding carboxylic acids is 1. The van der Waals surface area contributed by atoms with Crippen LogP contribution in [0.1, 0.15) is 43.6 Å². The molecule has 1 aromatic rings. The zero-order valence-electron chi connectivity index (χ0n) is 13.6. The van der Waals surface area contributed by atoms with Crippen molar-refractivity contribution >= 4 is 6.03 Å². The monoisotopic (exact) mass is 316 g/mol. The zero-order valence-corrected chi connectivity index (χ0v) is 13.6. The van der Waals surface area contributed by atoms with Crippen molar-refractivity contribution in [3.63, 3.8) is 0 Å². The van der Waals surface area contributed by atoms with Crippen LogP contribution in [0.15, 0.2) is 18.2 Å². The van der Waals surface area contributed by atoms with E-state index in [0.717, 1.165) is 43.9 Å². The van der Waals surface area contributed by atoms with E-state index in [4.69, 9.17) is 9.47 Å². The fourth-order valence-corrected chi connectivity index (χ4v) is 4.24. The van der Waals surface area contributed by atoms with Gasteiger partial charge in [0.1, 0.15) is 0 Å². The average Bonchev–Trinajstić information content (AvgIpc) is 3.27. The van der Waals surface area contributed by atoms with Crippen molar-refractivity contribution in [2.24, 2.45) is 0 Å². The highest BCUT2D eigenvalue weighted by Gasteiger charge is 2.42. The maximum Gasteiger partial charge on any atom is 0.317 e. The summed E-state index contributed by atoms with van der Waals surface area (Å²) >= 11 is 0.